The molecule has 29 heavy (non-hydrogen) atoms. The molecule has 2 aliphatic rings. The van der Waals surface area contributed by atoms with E-state index in [1.54, 1.807) is 24.3 Å². The van der Waals surface area contributed by atoms with Gasteiger partial charge in [-0.2, -0.15) is 9.36 Å². The largest absolute Gasteiger partial charge is 0.488 e. The predicted molar refractivity (Wildman–Crippen MR) is 111 cm³/mol. The Morgan fingerprint density at radius 2 is 2.03 bits per heavy atom. The third-order valence-corrected chi connectivity index (χ3v) is 6.47. The fourth-order valence-electron chi connectivity index (χ4n) is 4.18. The number of nitrogens with zero attached hydrogens (tertiary/aromatic N) is 4. The smallest absolute Gasteiger partial charge is 0.337 e. The van der Waals surface area contributed by atoms with Crippen molar-refractivity contribution in [2.75, 3.05) is 44.1 Å². The Kier molecular flexibility index (Phi) is 5.60. The topological polar surface area (TPSA) is 88.0 Å². The van der Waals surface area contributed by atoms with Crippen molar-refractivity contribution >= 4 is 28.6 Å². The number of aromatic nitrogens is 2. The highest BCUT2D eigenvalue weighted by molar-refractivity contribution is 7.09. The van der Waals surface area contributed by atoms with Crippen molar-refractivity contribution in [2.24, 2.45) is 11.8 Å². The van der Waals surface area contributed by atoms with Crippen molar-refractivity contribution in [2.45, 2.75) is 25.0 Å². The van der Waals surface area contributed by atoms with Gasteiger partial charge in [-0.05, 0) is 42.9 Å². The predicted octanol–water partition coefficient (Wildman–Crippen LogP) is 2.05. The minimum atomic E-state index is -0.537. The van der Waals surface area contributed by atoms with Gasteiger partial charge >= 0.3 is 5.97 Å². The number of hydrogen-bond acceptors (Lipinski definition) is 9. The number of carbonyl (C=O) groups excluding carboxylic acids is 1. The summed E-state index contributed by atoms with van der Waals surface area (Å²) in [6.07, 6.45) is 0.631. The molecule has 0 unspecified atom stereocenters. The molecule has 9 heteroatoms. The molecule has 0 amide bonds. The first-order valence-electron chi connectivity index (χ1n) is 9.73. The number of aliphatic hydroxyl groups excluding tert-OH is 1. The summed E-state index contributed by atoms with van der Waals surface area (Å²) in [5.41, 5.74) is 0.438. The molecule has 1 aromatic heterocycles. The summed E-state index contributed by atoms with van der Waals surface area (Å²) in [7, 11) is 5.22. The van der Waals surface area contributed by atoms with Crippen LogP contribution in [0.2, 0.25) is 0 Å². The summed E-state index contributed by atoms with van der Waals surface area (Å²) >= 11 is 1.42. The number of methoxy groups -OCH3 is 1. The van der Waals surface area contributed by atoms with Crippen molar-refractivity contribution in [3.8, 4) is 5.75 Å². The average Bonchev–Trinajstić information content (AvgIpc) is 3.35. The van der Waals surface area contributed by atoms with Crippen LogP contribution in [0.25, 0.3) is 0 Å². The van der Waals surface area contributed by atoms with Gasteiger partial charge in [-0.1, -0.05) is 6.07 Å². The molecule has 2 aromatic rings. The Hall–Kier alpha value is -2.39. The average molecular weight is 419 g/mol. The first-order chi connectivity index (χ1) is 13.9. The van der Waals surface area contributed by atoms with Gasteiger partial charge in [0, 0.05) is 38.7 Å². The molecule has 0 radical (unpaired) electrons. The summed E-state index contributed by atoms with van der Waals surface area (Å²) in [4.78, 5) is 20.5. The van der Waals surface area contributed by atoms with E-state index in [9.17, 15) is 9.90 Å². The lowest BCUT2D eigenvalue weighted by molar-refractivity contribution is -0.0231. The van der Waals surface area contributed by atoms with Crippen LogP contribution in [0.4, 0.5) is 11.1 Å². The molecule has 8 nitrogen and oxygen atoms in total. The van der Waals surface area contributed by atoms with Crippen molar-refractivity contribution < 1.29 is 19.4 Å². The Balaban J connectivity index is 1.42. The van der Waals surface area contributed by atoms with Crippen molar-refractivity contribution in [1.82, 2.24) is 9.36 Å². The normalized spacial score (nSPS) is 26.1. The maximum absolute atomic E-state index is 11.7. The van der Waals surface area contributed by atoms with Crippen LogP contribution in [0, 0.1) is 11.8 Å². The zero-order chi connectivity index (χ0) is 20.5. The van der Waals surface area contributed by atoms with Gasteiger partial charge in [0.05, 0.1) is 18.8 Å². The quantitative estimate of drug-likeness (QED) is 0.738. The van der Waals surface area contributed by atoms with Gasteiger partial charge in [0.2, 0.25) is 11.1 Å². The number of anilines is 2. The monoisotopic (exact) mass is 418 g/mol. The molecule has 156 valence electrons. The fraction of sp³-hybridized carbons (Fsp3) is 0.550. The zero-order valence-corrected chi connectivity index (χ0v) is 17.6. The van der Waals surface area contributed by atoms with Gasteiger partial charge in [-0.15, -0.1) is 0 Å². The lowest BCUT2D eigenvalue weighted by Crippen LogP contribution is -2.42. The molecule has 2 fully saturated rings. The van der Waals surface area contributed by atoms with Gasteiger partial charge in [-0.3, -0.25) is 0 Å². The Morgan fingerprint density at radius 3 is 2.72 bits per heavy atom. The minimum Gasteiger partial charge on any atom is -0.488 e. The number of ether oxygens (including phenoxy) is 2. The van der Waals surface area contributed by atoms with E-state index in [2.05, 4.69) is 14.3 Å². The lowest BCUT2D eigenvalue weighted by atomic mass is 9.78. The van der Waals surface area contributed by atoms with Crippen LogP contribution >= 0.6 is 11.5 Å². The molecule has 1 aliphatic carbocycles. The second kappa shape index (κ2) is 8.16. The minimum absolute atomic E-state index is 0.296. The molecular formula is C20H26N4O4S. The highest BCUT2D eigenvalue weighted by Gasteiger charge is 2.43. The number of hydrogen-bond donors (Lipinski definition) is 1. The first kappa shape index (κ1) is 19.9. The van der Waals surface area contributed by atoms with E-state index in [4.69, 9.17) is 9.47 Å². The van der Waals surface area contributed by atoms with Gasteiger partial charge in [0.1, 0.15) is 11.9 Å². The molecule has 4 atom stereocenters. The van der Waals surface area contributed by atoms with E-state index in [1.165, 1.54) is 18.6 Å². The van der Waals surface area contributed by atoms with Crippen molar-refractivity contribution in [3.63, 3.8) is 0 Å². The van der Waals surface area contributed by atoms with Crippen LogP contribution in [-0.4, -0.2) is 66.9 Å². The van der Waals surface area contributed by atoms with Crippen LogP contribution < -0.4 is 14.5 Å². The molecule has 0 bridgehead atoms. The number of aliphatic hydroxyl groups is 1. The highest BCUT2D eigenvalue weighted by atomic mass is 32.1. The summed E-state index contributed by atoms with van der Waals surface area (Å²) in [5.74, 6) is 1.74. The second-order valence-electron chi connectivity index (χ2n) is 7.91. The van der Waals surface area contributed by atoms with E-state index in [1.807, 2.05) is 19.0 Å². The summed E-state index contributed by atoms with van der Waals surface area (Å²) in [5, 5.41) is 11.6. The van der Waals surface area contributed by atoms with Gasteiger partial charge in [-0.25, -0.2) is 4.79 Å². The fourth-order valence-corrected chi connectivity index (χ4v) is 4.93. The molecule has 0 spiro atoms. The Bertz CT molecular complexity index is 874. The molecule has 1 saturated heterocycles. The first-order valence-corrected chi connectivity index (χ1v) is 10.5. The maximum Gasteiger partial charge on any atom is 0.337 e. The van der Waals surface area contributed by atoms with Gasteiger partial charge < -0.3 is 24.4 Å². The summed E-state index contributed by atoms with van der Waals surface area (Å²) < 4.78 is 15.2. The van der Waals surface area contributed by atoms with Crippen molar-refractivity contribution in [3.05, 3.63) is 29.8 Å². The molecular weight excluding hydrogens is 392 g/mol. The molecule has 1 saturated carbocycles. The van der Waals surface area contributed by atoms with Crippen molar-refractivity contribution in [1.29, 1.82) is 0 Å². The second-order valence-corrected chi connectivity index (χ2v) is 8.64. The van der Waals surface area contributed by atoms with Gasteiger partial charge in [0.25, 0.3) is 0 Å². The number of benzene rings is 1. The standard InChI is InChI=1S/C20H26N4O4S/c1-23(2)19-21-20(29-22-19)24-10-13-8-16(25)17(9-14(13)11-24)28-15-6-4-5-12(7-15)18(26)27-3/h4-7,13-14,16-17,25H,8-11H2,1-3H3/t13-,14+,16+,17+/m0/s1. The zero-order valence-electron chi connectivity index (χ0n) is 16.8. The molecule has 1 N–H and O–H groups in total. The molecule has 1 aromatic carbocycles. The SMILES string of the molecule is COC(=O)c1cccc(O[C@@H]2C[C@@H]3CN(c4nc(N(C)C)ns4)C[C@@H]3C[C@H]2O)c1. The van der Waals surface area contributed by atoms with E-state index in [0.29, 0.717) is 29.6 Å². The molecule has 1 aliphatic heterocycles. The maximum atomic E-state index is 11.7. The molecule has 4 rings (SSSR count). The third kappa shape index (κ3) is 4.16. The number of esters is 1. The van der Waals surface area contributed by atoms with E-state index in [-0.39, 0.29) is 6.10 Å². The third-order valence-electron chi connectivity index (χ3n) is 5.70. The summed E-state index contributed by atoms with van der Waals surface area (Å²) in [6.45, 7) is 1.77. The van der Waals surface area contributed by atoms with E-state index in [0.717, 1.165) is 30.6 Å². The summed E-state index contributed by atoms with van der Waals surface area (Å²) in [6, 6.07) is 6.91. The van der Waals surface area contributed by atoms with Crippen LogP contribution in [0.5, 0.6) is 5.75 Å². The van der Waals surface area contributed by atoms with Crippen LogP contribution in [-0.2, 0) is 4.74 Å². The van der Waals surface area contributed by atoms with Gasteiger partial charge in [0.15, 0.2) is 0 Å². The number of rotatable bonds is 5. The highest BCUT2D eigenvalue weighted by Crippen LogP contribution is 2.40. The van der Waals surface area contributed by atoms with Crippen LogP contribution in [0.1, 0.15) is 23.2 Å². The lowest BCUT2D eigenvalue weighted by Gasteiger charge is -2.35. The number of carbonyl (C=O) groups is 1. The molecule has 2 heterocycles. The Labute approximate surface area is 174 Å². The number of fused-ring (bicyclic) bond motifs is 1. The van der Waals surface area contributed by atoms with E-state index >= 15 is 0 Å². The van der Waals surface area contributed by atoms with Crippen LogP contribution in [0.3, 0.4) is 0 Å². The van der Waals surface area contributed by atoms with E-state index < -0.39 is 12.1 Å². The van der Waals surface area contributed by atoms with Crippen LogP contribution in [0.15, 0.2) is 24.3 Å². The Morgan fingerprint density at radius 1 is 1.28 bits per heavy atom.